The van der Waals surface area contributed by atoms with Crippen molar-refractivity contribution >= 4 is 55.6 Å². The average Bonchev–Trinajstić information content (AvgIpc) is 3.36. The van der Waals surface area contributed by atoms with Crippen molar-refractivity contribution in [1.29, 1.82) is 0 Å². The summed E-state index contributed by atoms with van der Waals surface area (Å²) in [6.45, 7) is 14.8. The number of benzene rings is 3. The molecule has 7 rings (SSSR count). The maximum absolute atomic E-state index is 16.2. The lowest BCUT2D eigenvalue weighted by Crippen LogP contribution is -2.82. The highest BCUT2D eigenvalue weighted by molar-refractivity contribution is 7.98. The third-order valence-corrected chi connectivity index (χ3v) is 21.1. The van der Waals surface area contributed by atoms with E-state index in [2.05, 4.69) is 5.32 Å². The van der Waals surface area contributed by atoms with Crippen molar-refractivity contribution in [2.45, 2.75) is 147 Å². The molecule has 2 unspecified atom stereocenters. The number of Topliss-reactive ketones (excluding diaryl/α,β-unsaturated/α-hetero) is 1. The first-order valence-corrected chi connectivity index (χ1v) is 28.7. The van der Waals surface area contributed by atoms with Crippen LogP contribution in [0.15, 0.2) is 102 Å². The Balaban J connectivity index is 1.46. The van der Waals surface area contributed by atoms with Crippen LogP contribution in [0.2, 0.25) is 18.1 Å². The van der Waals surface area contributed by atoms with Crippen LogP contribution < -0.4 is 5.32 Å². The number of carbonyl (C=O) groups is 6. The first-order valence-electron chi connectivity index (χ1n) is 24.8. The molecule has 11 atom stereocenters. The van der Waals surface area contributed by atoms with Gasteiger partial charge in [-0.1, -0.05) is 101 Å². The summed E-state index contributed by atoms with van der Waals surface area (Å²) in [4.78, 5) is 87.4. The average molecular weight is 1030 g/mol. The zero-order valence-corrected chi connectivity index (χ0v) is 44.7. The largest absolute Gasteiger partial charge is 0.456 e. The maximum atomic E-state index is 16.2. The summed E-state index contributed by atoms with van der Waals surface area (Å²) < 4.78 is 45.6. The van der Waals surface area contributed by atoms with Gasteiger partial charge in [-0.05, 0) is 79.2 Å². The Kier molecular flexibility index (Phi) is 16.5. The summed E-state index contributed by atoms with van der Waals surface area (Å²) in [5.74, 6) is -5.68. The Hall–Kier alpha value is -5.17. The molecule has 2 N–H and O–H groups in total. The molecule has 388 valence electrons. The number of amides is 1. The van der Waals surface area contributed by atoms with E-state index >= 15 is 9.59 Å². The highest BCUT2D eigenvalue weighted by Gasteiger charge is 2.78. The van der Waals surface area contributed by atoms with Crippen molar-refractivity contribution in [3.05, 3.63) is 119 Å². The van der Waals surface area contributed by atoms with Crippen molar-refractivity contribution in [2.24, 2.45) is 16.7 Å². The monoisotopic (exact) mass is 1030 g/mol. The number of aliphatic hydroxyl groups is 1. The number of fused-ring (bicyclic) bond motifs is 5. The van der Waals surface area contributed by atoms with Gasteiger partial charge in [-0.3, -0.25) is 19.2 Å². The minimum absolute atomic E-state index is 0.0572. The molecule has 1 saturated heterocycles. The number of thioether (sulfide) groups is 1. The van der Waals surface area contributed by atoms with Crippen LogP contribution in [0.3, 0.4) is 0 Å². The second-order valence-corrected chi connectivity index (χ2v) is 25.8. The van der Waals surface area contributed by atoms with Gasteiger partial charge in [0.05, 0.1) is 41.6 Å². The molecule has 3 fully saturated rings. The van der Waals surface area contributed by atoms with Crippen molar-refractivity contribution in [3.8, 4) is 0 Å². The minimum Gasteiger partial charge on any atom is -0.456 e. The number of esters is 4. The highest BCUT2D eigenvalue weighted by Crippen LogP contribution is 2.65. The molecule has 15 nitrogen and oxygen atoms in total. The van der Waals surface area contributed by atoms with Gasteiger partial charge in [0.2, 0.25) is 0 Å². The molecule has 3 aromatic rings. The molecule has 3 aromatic carbocycles. The lowest BCUT2D eigenvalue weighted by atomic mass is 9.44. The SMILES string of the molecule is CC[Si](CC)(CC)O[C@@H](C(=O)O[C@H]1C[C@@]2(O)C(OC(=O)c3ccccc3)C3[C@](C)(C(=O)[C@H](OC(C)=O)C(=C1C)C2(C)C)[C@@H](OCSC)C[C@H]1OC[C@@]31OC(C)=O)[C@@H](NC(=O)c1ccccc1)c1ccccc1. The molecule has 1 aliphatic heterocycles. The standard InChI is InChI=1S/C55H69NO14SSi/c1-11-72(12-2,13-3)70-45(43(36-23-17-14-18-24-36)56-49(60)37-25-19-15-20-26-37)51(62)67-39-30-55(63)48(68-50(61)38-27-21-16-22-28-38)46-53(9,47(59)44(66-34(5)57)42(33(39)4)52(55,7)8)40(65-32-71-10)29-41-54(46,31-64-41)69-35(6)58/h14-28,39-41,43-46,48,63H,11-13,29-32H2,1-10H3,(H,56,60)/t39-,40-,41+,43-,44+,45+,46?,48?,53+,54-,55+/m0/s1. The molecule has 1 amide bonds. The Morgan fingerprint density at radius 1 is 0.833 bits per heavy atom. The number of nitrogens with one attached hydrogen (secondary N) is 1. The van der Waals surface area contributed by atoms with Crippen molar-refractivity contribution in [2.75, 3.05) is 18.8 Å². The van der Waals surface area contributed by atoms with E-state index in [1.54, 1.807) is 113 Å². The molecule has 1 heterocycles. The normalized spacial score (nSPS) is 29.3. The fourth-order valence-electron chi connectivity index (χ4n) is 11.9. The first kappa shape index (κ1) is 54.6. The fraction of sp³-hybridized carbons (Fsp3) is 0.527. The predicted molar refractivity (Wildman–Crippen MR) is 271 cm³/mol. The Labute approximate surface area is 427 Å². The summed E-state index contributed by atoms with van der Waals surface area (Å²) in [6, 6.07) is 26.6. The molecular formula is C55H69NO14SSi. The lowest BCUT2D eigenvalue weighted by molar-refractivity contribution is -0.347. The van der Waals surface area contributed by atoms with Crippen LogP contribution in [0.5, 0.6) is 0 Å². The zero-order chi connectivity index (χ0) is 52.4. The van der Waals surface area contributed by atoms with E-state index in [9.17, 15) is 24.3 Å². The van der Waals surface area contributed by atoms with Crippen LogP contribution in [0.4, 0.5) is 0 Å². The molecule has 0 aromatic heterocycles. The number of ketones is 1. The number of carbonyl (C=O) groups excluding carboxylic acids is 6. The fourth-order valence-corrected chi connectivity index (χ4v) is 15.0. The molecule has 4 aliphatic rings. The van der Waals surface area contributed by atoms with Crippen molar-refractivity contribution in [1.82, 2.24) is 5.32 Å². The van der Waals surface area contributed by atoms with Crippen LogP contribution >= 0.6 is 11.8 Å². The molecule has 0 spiro atoms. The van der Waals surface area contributed by atoms with E-state index in [0.29, 0.717) is 34.8 Å². The molecule has 72 heavy (non-hydrogen) atoms. The topological polar surface area (TPSA) is 199 Å². The molecule has 0 radical (unpaired) electrons. The molecule has 17 heteroatoms. The Morgan fingerprint density at radius 2 is 1.42 bits per heavy atom. The molecule has 2 bridgehead atoms. The van der Waals surface area contributed by atoms with Crippen molar-refractivity contribution < 1.29 is 66.7 Å². The summed E-state index contributed by atoms with van der Waals surface area (Å²) >= 11 is 1.36. The van der Waals surface area contributed by atoms with Crippen LogP contribution in [-0.4, -0.2) is 116 Å². The van der Waals surface area contributed by atoms with E-state index in [1.807, 2.05) is 33.1 Å². The zero-order valence-electron chi connectivity index (χ0n) is 42.9. The van der Waals surface area contributed by atoms with E-state index in [-0.39, 0.29) is 30.1 Å². The van der Waals surface area contributed by atoms with E-state index in [4.69, 9.17) is 32.8 Å². The summed E-state index contributed by atoms with van der Waals surface area (Å²) in [5, 5.41) is 17.3. The Bertz CT molecular complexity index is 2510. The number of hydrogen-bond donors (Lipinski definition) is 2. The van der Waals surface area contributed by atoms with Crippen LogP contribution in [-0.2, 0) is 52.0 Å². The predicted octanol–water partition coefficient (Wildman–Crippen LogP) is 8.11. The molecular weight excluding hydrogens is 959 g/mol. The number of rotatable bonds is 18. The van der Waals surface area contributed by atoms with Gasteiger partial charge in [-0.15, -0.1) is 11.8 Å². The third kappa shape index (κ3) is 9.84. The van der Waals surface area contributed by atoms with Gasteiger partial charge in [0, 0.05) is 37.7 Å². The van der Waals surface area contributed by atoms with Crippen molar-refractivity contribution in [3.63, 3.8) is 0 Å². The van der Waals surface area contributed by atoms with Crippen LogP contribution in [0, 0.1) is 16.7 Å². The molecule has 3 aliphatic carbocycles. The van der Waals surface area contributed by atoms with Gasteiger partial charge in [0.15, 0.2) is 31.9 Å². The summed E-state index contributed by atoms with van der Waals surface area (Å²) in [7, 11) is -2.74. The van der Waals surface area contributed by atoms with Gasteiger partial charge >= 0.3 is 23.9 Å². The van der Waals surface area contributed by atoms with Gasteiger partial charge in [0.1, 0.15) is 23.9 Å². The first-order chi connectivity index (χ1) is 34.2. The summed E-state index contributed by atoms with van der Waals surface area (Å²) in [6.07, 6.45) is -6.71. The third-order valence-electron chi connectivity index (χ3n) is 16.1. The second kappa shape index (κ2) is 21.7. The van der Waals surface area contributed by atoms with Gasteiger partial charge in [-0.2, -0.15) is 0 Å². The number of ether oxygens (including phenoxy) is 6. The quantitative estimate of drug-likeness (QED) is 0.0407. The highest BCUT2D eigenvalue weighted by atomic mass is 32.2. The van der Waals surface area contributed by atoms with E-state index < -0.39 is 121 Å². The maximum Gasteiger partial charge on any atom is 0.338 e. The lowest BCUT2D eigenvalue weighted by Gasteiger charge is -2.67. The Morgan fingerprint density at radius 3 is 1.94 bits per heavy atom. The van der Waals surface area contributed by atoms with Gasteiger partial charge in [0.25, 0.3) is 5.91 Å². The van der Waals surface area contributed by atoms with Gasteiger partial charge in [-0.25, -0.2) is 9.59 Å². The summed E-state index contributed by atoms with van der Waals surface area (Å²) in [5.41, 5.74) is -5.96. The van der Waals surface area contributed by atoms with Gasteiger partial charge < -0.3 is 43.3 Å². The smallest absolute Gasteiger partial charge is 0.338 e. The van der Waals surface area contributed by atoms with Crippen LogP contribution in [0.25, 0.3) is 0 Å². The second-order valence-electron chi connectivity index (χ2n) is 20.2. The minimum atomic E-state index is -2.74. The molecule has 2 saturated carbocycles. The van der Waals surface area contributed by atoms with E-state index in [0.717, 1.165) is 0 Å². The van der Waals surface area contributed by atoms with E-state index in [1.165, 1.54) is 25.6 Å². The number of hydrogen-bond acceptors (Lipinski definition) is 15. The van der Waals surface area contributed by atoms with Crippen LogP contribution in [0.1, 0.15) is 107 Å².